The van der Waals surface area contributed by atoms with Gasteiger partial charge in [0.2, 0.25) is 0 Å². The third-order valence-electron chi connectivity index (χ3n) is 2.68. The standard InChI is InChI=1S/C13H20N2O2.C2H4O2/c1-3-15(4-2)9-10-17-13(16)11-5-7-12(14)8-6-11;1-2(3)4/h5-8H,3-4,9-10,14H2,1-2H3;1H3,(H,3,4). The van der Waals surface area contributed by atoms with E-state index in [-0.39, 0.29) is 5.97 Å². The van der Waals surface area contributed by atoms with Gasteiger partial charge in [0.1, 0.15) is 6.61 Å². The lowest BCUT2D eigenvalue weighted by Crippen LogP contribution is -2.27. The number of likely N-dealkylation sites (N-methyl/N-ethyl adjacent to an activating group) is 1. The molecule has 21 heavy (non-hydrogen) atoms. The Kier molecular flexibility index (Phi) is 9.62. The number of nitrogen functional groups attached to an aromatic ring is 1. The van der Waals surface area contributed by atoms with Gasteiger partial charge in [-0.2, -0.15) is 0 Å². The number of anilines is 1. The number of esters is 1. The minimum absolute atomic E-state index is 0.294. The van der Waals surface area contributed by atoms with Crippen LogP contribution in [-0.4, -0.2) is 48.2 Å². The van der Waals surface area contributed by atoms with Gasteiger partial charge in [-0.25, -0.2) is 4.79 Å². The van der Waals surface area contributed by atoms with Crippen molar-refractivity contribution in [2.24, 2.45) is 0 Å². The summed E-state index contributed by atoms with van der Waals surface area (Å²) in [5.41, 5.74) is 6.73. The number of nitrogens with zero attached hydrogens (tertiary/aromatic N) is 1. The SMILES string of the molecule is CC(=O)O.CCN(CC)CCOC(=O)c1ccc(N)cc1. The van der Waals surface area contributed by atoms with Crippen LogP contribution < -0.4 is 5.73 Å². The molecule has 0 atom stereocenters. The van der Waals surface area contributed by atoms with Crippen LogP contribution >= 0.6 is 0 Å². The Balaban J connectivity index is 0.000000885. The number of hydrogen-bond donors (Lipinski definition) is 2. The number of carbonyl (C=O) groups is 2. The summed E-state index contributed by atoms with van der Waals surface area (Å²) >= 11 is 0. The van der Waals surface area contributed by atoms with Gasteiger partial charge in [0.05, 0.1) is 5.56 Å². The van der Waals surface area contributed by atoms with E-state index in [2.05, 4.69) is 18.7 Å². The first kappa shape index (κ1) is 18.9. The predicted octanol–water partition coefficient (Wildman–Crippen LogP) is 1.86. The highest BCUT2D eigenvalue weighted by Gasteiger charge is 2.07. The van der Waals surface area contributed by atoms with Crippen LogP contribution in [0.5, 0.6) is 0 Å². The molecule has 0 spiro atoms. The molecule has 1 aromatic rings. The predicted molar refractivity (Wildman–Crippen MR) is 82.2 cm³/mol. The van der Waals surface area contributed by atoms with Gasteiger partial charge in [-0.15, -0.1) is 0 Å². The van der Waals surface area contributed by atoms with E-state index in [1.54, 1.807) is 24.3 Å². The van der Waals surface area contributed by atoms with Crippen molar-refractivity contribution in [2.45, 2.75) is 20.8 Å². The summed E-state index contributed by atoms with van der Waals surface area (Å²) in [4.78, 5) is 22.8. The van der Waals surface area contributed by atoms with Gasteiger partial charge in [-0.3, -0.25) is 4.79 Å². The van der Waals surface area contributed by atoms with Crippen molar-refractivity contribution >= 4 is 17.6 Å². The zero-order valence-corrected chi connectivity index (χ0v) is 12.8. The summed E-state index contributed by atoms with van der Waals surface area (Å²) in [6.07, 6.45) is 0. The molecule has 0 aromatic heterocycles. The molecule has 0 bridgehead atoms. The van der Waals surface area contributed by atoms with Gasteiger partial charge < -0.3 is 20.5 Å². The zero-order chi connectivity index (χ0) is 16.3. The van der Waals surface area contributed by atoms with Crippen molar-refractivity contribution in [3.8, 4) is 0 Å². The molecule has 0 aliphatic rings. The lowest BCUT2D eigenvalue weighted by molar-refractivity contribution is -0.134. The normalized spacial score (nSPS) is 9.71. The van der Waals surface area contributed by atoms with Gasteiger partial charge in [0.15, 0.2) is 0 Å². The van der Waals surface area contributed by atoms with Gasteiger partial charge in [-0.1, -0.05) is 13.8 Å². The van der Waals surface area contributed by atoms with Crippen molar-refractivity contribution < 1.29 is 19.4 Å². The number of carboxylic acid groups (broad SMARTS) is 1. The van der Waals surface area contributed by atoms with Crippen LogP contribution in [0, 0.1) is 0 Å². The highest BCUT2D eigenvalue weighted by Crippen LogP contribution is 2.06. The van der Waals surface area contributed by atoms with Crippen molar-refractivity contribution in [3.63, 3.8) is 0 Å². The number of nitrogens with two attached hydrogens (primary N) is 1. The number of benzene rings is 1. The van der Waals surface area contributed by atoms with E-state index in [0.717, 1.165) is 26.6 Å². The molecule has 6 heteroatoms. The highest BCUT2D eigenvalue weighted by atomic mass is 16.5. The first-order chi connectivity index (χ1) is 9.90. The summed E-state index contributed by atoms with van der Waals surface area (Å²) < 4.78 is 5.18. The lowest BCUT2D eigenvalue weighted by Gasteiger charge is -2.17. The minimum Gasteiger partial charge on any atom is -0.481 e. The van der Waals surface area contributed by atoms with Crippen LogP contribution in [0.25, 0.3) is 0 Å². The third kappa shape index (κ3) is 9.45. The van der Waals surface area contributed by atoms with E-state index >= 15 is 0 Å². The zero-order valence-electron chi connectivity index (χ0n) is 12.8. The fourth-order valence-electron chi connectivity index (χ4n) is 1.51. The van der Waals surface area contributed by atoms with Crippen LogP contribution in [0.1, 0.15) is 31.1 Å². The van der Waals surface area contributed by atoms with Crippen LogP contribution in [-0.2, 0) is 9.53 Å². The maximum absolute atomic E-state index is 11.6. The first-order valence-corrected chi connectivity index (χ1v) is 6.85. The fourth-order valence-corrected chi connectivity index (χ4v) is 1.51. The Morgan fingerprint density at radius 2 is 1.67 bits per heavy atom. The average Bonchev–Trinajstić information content (AvgIpc) is 2.43. The van der Waals surface area contributed by atoms with E-state index in [9.17, 15) is 4.79 Å². The second-order valence-corrected chi connectivity index (χ2v) is 4.30. The number of carbonyl (C=O) groups excluding carboxylic acids is 1. The number of carboxylic acids is 1. The second-order valence-electron chi connectivity index (χ2n) is 4.30. The topological polar surface area (TPSA) is 92.9 Å². The Hall–Kier alpha value is -2.08. The number of aliphatic carboxylic acids is 1. The average molecular weight is 296 g/mol. The molecule has 0 fully saturated rings. The van der Waals surface area contributed by atoms with Crippen LogP contribution in [0.4, 0.5) is 5.69 Å². The molecule has 0 saturated heterocycles. The van der Waals surface area contributed by atoms with Gasteiger partial charge in [-0.05, 0) is 37.4 Å². The fraction of sp³-hybridized carbons (Fsp3) is 0.467. The molecule has 3 N–H and O–H groups in total. The Bertz CT molecular complexity index is 424. The Morgan fingerprint density at radius 1 is 1.19 bits per heavy atom. The lowest BCUT2D eigenvalue weighted by atomic mass is 10.2. The molecule has 0 heterocycles. The van der Waals surface area contributed by atoms with E-state index in [4.69, 9.17) is 20.4 Å². The monoisotopic (exact) mass is 296 g/mol. The number of hydrogen-bond acceptors (Lipinski definition) is 5. The van der Waals surface area contributed by atoms with Gasteiger partial charge in [0, 0.05) is 19.2 Å². The molecule has 1 aromatic carbocycles. The molecule has 6 nitrogen and oxygen atoms in total. The molecule has 0 amide bonds. The van der Waals surface area contributed by atoms with Crippen molar-refractivity contribution in [1.82, 2.24) is 4.90 Å². The van der Waals surface area contributed by atoms with E-state index in [1.807, 2.05) is 0 Å². The van der Waals surface area contributed by atoms with Crippen molar-refractivity contribution in [3.05, 3.63) is 29.8 Å². The summed E-state index contributed by atoms with van der Waals surface area (Å²) in [5, 5.41) is 7.42. The molecule has 0 radical (unpaired) electrons. The molecule has 0 aliphatic heterocycles. The van der Waals surface area contributed by atoms with Crippen LogP contribution in [0.2, 0.25) is 0 Å². The molecule has 0 aliphatic carbocycles. The summed E-state index contributed by atoms with van der Waals surface area (Å²) in [7, 11) is 0. The van der Waals surface area contributed by atoms with E-state index < -0.39 is 5.97 Å². The van der Waals surface area contributed by atoms with Crippen molar-refractivity contribution in [2.75, 3.05) is 32.0 Å². The summed E-state index contributed by atoms with van der Waals surface area (Å²) in [5.74, 6) is -1.13. The molecule has 0 unspecified atom stereocenters. The van der Waals surface area contributed by atoms with Gasteiger partial charge >= 0.3 is 5.97 Å². The minimum atomic E-state index is -0.833. The largest absolute Gasteiger partial charge is 0.481 e. The smallest absolute Gasteiger partial charge is 0.338 e. The van der Waals surface area contributed by atoms with Crippen LogP contribution in [0.15, 0.2) is 24.3 Å². The number of rotatable bonds is 6. The summed E-state index contributed by atoms with van der Waals surface area (Å²) in [6, 6.07) is 6.74. The van der Waals surface area contributed by atoms with Gasteiger partial charge in [0.25, 0.3) is 5.97 Å². The Labute approximate surface area is 125 Å². The maximum Gasteiger partial charge on any atom is 0.338 e. The molecule has 118 valence electrons. The van der Waals surface area contributed by atoms with Crippen LogP contribution in [0.3, 0.4) is 0 Å². The molecule has 0 saturated carbocycles. The molecular formula is C15H24N2O4. The first-order valence-electron chi connectivity index (χ1n) is 6.85. The molecular weight excluding hydrogens is 272 g/mol. The maximum atomic E-state index is 11.6. The highest BCUT2D eigenvalue weighted by molar-refractivity contribution is 5.89. The Morgan fingerprint density at radius 3 is 2.10 bits per heavy atom. The van der Waals surface area contributed by atoms with E-state index in [1.165, 1.54) is 0 Å². The van der Waals surface area contributed by atoms with E-state index in [0.29, 0.717) is 17.9 Å². The quantitative estimate of drug-likeness (QED) is 0.615. The molecule has 1 rings (SSSR count). The third-order valence-corrected chi connectivity index (χ3v) is 2.68. The van der Waals surface area contributed by atoms with Crippen molar-refractivity contribution in [1.29, 1.82) is 0 Å². The number of ether oxygens (including phenoxy) is 1. The summed E-state index contributed by atoms with van der Waals surface area (Å²) in [6.45, 7) is 8.39. The second kappa shape index (κ2) is 10.7.